The molecule has 0 aliphatic heterocycles. The van der Waals surface area contributed by atoms with Gasteiger partial charge in [0.15, 0.2) is 5.78 Å². The van der Waals surface area contributed by atoms with Crippen LogP contribution in [0.1, 0.15) is 76.8 Å². The summed E-state index contributed by atoms with van der Waals surface area (Å²) in [5.41, 5.74) is 3.56. The molecule has 4 aliphatic rings. The van der Waals surface area contributed by atoms with Crippen molar-refractivity contribution >= 4 is 5.78 Å². The maximum atomic E-state index is 11.9. The van der Waals surface area contributed by atoms with E-state index in [1.165, 1.54) is 43.4 Å². The molecule has 6 atom stereocenters. The molecule has 4 aliphatic carbocycles. The van der Waals surface area contributed by atoms with Gasteiger partial charge in [-0.2, -0.15) is 0 Å². The molecule has 134 valence electrons. The van der Waals surface area contributed by atoms with Gasteiger partial charge in [-0.1, -0.05) is 19.4 Å². The Morgan fingerprint density at radius 1 is 1.08 bits per heavy atom. The number of carbonyl (C=O) groups excluding carboxylic acids is 1. The number of rotatable bonds is 1. The summed E-state index contributed by atoms with van der Waals surface area (Å²) in [5.74, 6) is 3.50. The van der Waals surface area contributed by atoms with Gasteiger partial charge in [0.1, 0.15) is 0 Å². The van der Waals surface area contributed by atoms with Gasteiger partial charge in [-0.15, -0.1) is 0 Å². The van der Waals surface area contributed by atoms with Crippen LogP contribution < -0.4 is 0 Å². The Morgan fingerprint density at radius 2 is 1.96 bits per heavy atom. The Bertz CT molecular complexity index is 720. The maximum absolute atomic E-state index is 11.9. The number of hydrogen-bond acceptors (Lipinski definition) is 2. The molecular formula is C22H30N2O. The summed E-state index contributed by atoms with van der Waals surface area (Å²) in [5, 5.41) is 0. The van der Waals surface area contributed by atoms with E-state index in [1.807, 2.05) is 12.4 Å². The van der Waals surface area contributed by atoms with Crippen molar-refractivity contribution in [2.24, 2.45) is 28.6 Å². The Balaban J connectivity index is 1.48. The highest BCUT2D eigenvalue weighted by molar-refractivity contribution is 5.91. The molecule has 6 unspecified atom stereocenters. The minimum atomic E-state index is 0.296. The van der Waals surface area contributed by atoms with Crippen molar-refractivity contribution in [3.05, 3.63) is 29.9 Å². The molecule has 3 nitrogen and oxygen atoms in total. The van der Waals surface area contributed by atoms with Crippen LogP contribution in [-0.4, -0.2) is 15.8 Å². The fourth-order valence-corrected chi connectivity index (χ4v) is 7.53. The van der Waals surface area contributed by atoms with E-state index in [9.17, 15) is 4.79 Å². The largest absolute Gasteiger partial charge is 0.348 e. The number of imidazole rings is 1. The smallest absolute Gasteiger partial charge is 0.155 e. The molecule has 0 amide bonds. The van der Waals surface area contributed by atoms with Crippen molar-refractivity contribution in [3.8, 4) is 0 Å². The van der Waals surface area contributed by atoms with Crippen molar-refractivity contribution in [2.75, 3.05) is 0 Å². The highest BCUT2D eigenvalue weighted by atomic mass is 16.1. The van der Waals surface area contributed by atoms with Crippen molar-refractivity contribution in [1.29, 1.82) is 0 Å². The van der Waals surface area contributed by atoms with E-state index in [0.717, 1.165) is 37.0 Å². The lowest BCUT2D eigenvalue weighted by molar-refractivity contribution is -0.117. The second kappa shape index (κ2) is 5.31. The molecule has 3 saturated carbocycles. The summed E-state index contributed by atoms with van der Waals surface area (Å²) in [6.45, 7) is 5.04. The Morgan fingerprint density at radius 3 is 2.76 bits per heavy atom. The normalized spacial score (nSPS) is 46.2. The number of fused-ring (bicyclic) bond motifs is 5. The zero-order valence-corrected chi connectivity index (χ0v) is 15.6. The lowest BCUT2D eigenvalue weighted by Crippen LogP contribution is -2.50. The quantitative estimate of drug-likeness (QED) is 0.781. The maximum Gasteiger partial charge on any atom is 0.155 e. The molecule has 1 N–H and O–H groups in total. The van der Waals surface area contributed by atoms with Gasteiger partial charge in [-0.05, 0) is 79.6 Å². The van der Waals surface area contributed by atoms with Gasteiger partial charge >= 0.3 is 0 Å². The van der Waals surface area contributed by atoms with Gasteiger partial charge < -0.3 is 4.98 Å². The summed E-state index contributed by atoms with van der Waals surface area (Å²) in [6.07, 6.45) is 15.6. The van der Waals surface area contributed by atoms with Gasteiger partial charge in [0.25, 0.3) is 0 Å². The van der Waals surface area contributed by atoms with E-state index in [2.05, 4.69) is 30.0 Å². The van der Waals surface area contributed by atoms with E-state index in [4.69, 9.17) is 0 Å². The third kappa shape index (κ3) is 2.10. The standard InChI is InChI=1S/C22H30N2O/c1-21-9-7-15(25)11-14(21)3-4-16-17-5-6-19(20-12-23-13-24-20)22(17,2)10-8-18(16)21/h11-13,16-19H,3-10H2,1-2H3,(H,23,24). The van der Waals surface area contributed by atoms with Gasteiger partial charge in [-0.25, -0.2) is 4.98 Å². The number of carbonyl (C=O) groups is 1. The molecule has 0 saturated heterocycles. The lowest BCUT2D eigenvalue weighted by atomic mass is 9.47. The highest BCUT2D eigenvalue weighted by Crippen LogP contribution is 2.68. The van der Waals surface area contributed by atoms with Crippen LogP contribution in [0.4, 0.5) is 0 Å². The molecule has 25 heavy (non-hydrogen) atoms. The number of nitrogens with one attached hydrogen (secondary N) is 1. The highest BCUT2D eigenvalue weighted by Gasteiger charge is 2.59. The van der Waals surface area contributed by atoms with E-state index >= 15 is 0 Å². The van der Waals surface area contributed by atoms with Crippen molar-refractivity contribution in [3.63, 3.8) is 0 Å². The lowest BCUT2D eigenvalue weighted by Gasteiger charge is -2.58. The van der Waals surface area contributed by atoms with Crippen LogP contribution in [0.3, 0.4) is 0 Å². The zero-order chi connectivity index (χ0) is 17.2. The minimum absolute atomic E-state index is 0.296. The molecule has 5 rings (SSSR count). The molecule has 1 aromatic heterocycles. The number of ketones is 1. The number of allylic oxidation sites excluding steroid dienone is 1. The van der Waals surface area contributed by atoms with Crippen LogP contribution in [0.25, 0.3) is 0 Å². The topological polar surface area (TPSA) is 45.8 Å². The van der Waals surface area contributed by atoms with Crippen LogP contribution in [-0.2, 0) is 4.79 Å². The summed E-state index contributed by atoms with van der Waals surface area (Å²) in [7, 11) is 0. The van der Waals surface area contributed by atoms with E-state index in [0.29, 0.717) is 22.5 Å². The van der Waals surface area contributed by atoms with E-state index < -0.39 is 0 Å². The first-order valence-corrected chi connectivity index (χ1v) is 10.2. The first-order valence-electron chi connectivity index (χ1n) is 10.2. The molecule has 0 bridgehead atoms. The van der Waals surface area contributed by atoms with Crippen LogP contribution in [0.5, 0.6) is 0 Å². The third-order valence-electron chi connectivity index (χ3n) is 8.86. The second-order valence-corrected chi connectivity index (χ2v) is 9.65. The van der Waals surface area contributed by atoms with Gasteiger partial charge in [0.05, 0.1) is 6.33 Å². The Hall–Kier alpha value is -1.38. The SMILES string of the molecule is CC12CCC(=O)C=C1CCC1C2CCC2(C)C(c3cnc[nH]3)CCC12. The molecular weight excluding hydrogens is 308 g/mol. The van der Waals surface area contributed by atoms with Crippen molar-refractivity contribution in [2.45, 2.75) is 71.1 Å². The van der Waals surface area contributed by atoms with Crippen molar-refractivity contribution in [1.82, 2.24) is 9.97 Å². The van der Waals surface area contributed by atoms with Crippen LogP contribution in [0.15, 0.2) is 24.2 Å². The monoisotopic (exact) mass is 338 g/mol. The molecule has 0 radical (unpaired) electrons. The molecule has 3 fully saturated rings. The summed E-state index contributed by atoms with van der Waals surface area (Å²) in [6, 6.07) is 0. The predicted octanol–water partition coefficient (Wildman–Crippen LogP) is 5.03. The minimum Gasteiger partial charge on any atom is -0.348 e. The summed E-state index contributed by atoms with van der Waals surface area (Å²) >= 11 is 0. The average Bonchev–Trinajstić information content (AvgIpc) is 3.22. The third-order valence-corrected chi connectivity index (χ3v) is 8.86. The summed E-state index contributed by atoms with van der Waals surface area (Å²) in [4.78, 5) is 19.6. The summed E-state index contributed by atoms with van der Waals surface area (Å²) < 4.78 is 0. The molecule has 0 spiro atoms. The number of hydrogen-bond donors (Lipinski definition) is 1. The first kappa shape index (κ1) is 15.8. The molecule has 3 heteroatoms. The fourth-order valence-electron chi connectivity index (χ4n) is 7.53. The fraction of sp³-hybridized carbons (Fsp3) is 0.727. The number of H-pyrrole nitrogens is 1. The Kier molecular flexibility index (Phi) is 3.37. The number of nitrogens with zero attached hydrogens (tertiary/aromatic N) is 1. The van der Waals surface area contributed by atoms with Crippen LogP contribution in [0, 0.1) is 28.6 Å². The average molecular weight is 338 g/mol. The van der Waals surface area contributed by atoms with Crippen LogP contribution in [0.2, 0.25) is 0 Å². The zero-order valence-electron chi connectivity index (χ0n) is 15.6. The number of aromatic nitrogens is 2. The predicted molar refractivity (Wildman–Crippen MR) is 98.0 cm³/mol. The van der Waals surface area contributed by atoms with Crippen molar-refractivity contribution < 1.29 is 4.79 Å². The van der Waals surface area contributed by atoms with Crippen LogP contribution >= 0.6 is 0 Å². The van der Waals surface area contributed by atoms with Gasteiger partial charge in [0, 0.05) is 24.2 Å². The van der Waals surface area contributed by atoms with E-state index in [1.54, 1.807) is 0 Å². The second-order valence-electron chi connectivity index (χ2n) is 9.65. The van der Waals surface area contributed by atoms with Gasteiger partial charge in [0.2, 0.25) is 0 Å². The molecule has 1 heterocycles. The number of aromatic amines is 1. The van der Waals surface area contributed by atoms with E-state index in [-0.39, 0.29) is 0 Å². The molecule has 0 aromatic carbocycles. The van der Waals surface area contributed by atoms with Gasteiger partial charge in [-0.3, -0.25) is 4.79 Å². The molecule has 1 aromatic rings. The first-order chi connectivity index (χ1) is 12.0. The Labute approximate surface area is 150 Å².